The number of piperidine rings is 1. The summed E-state index contributed by atoms with van der Waals surface area (Å²) in [6.45, 7) is 2.96. The highest BCUT2D eigenvalue weighted by Gasteiger charge is 2.14. The number of hydrogen-bond acceptors (Lipinski definition) is 3. The molecule has 0 amide bonds. The molecule has 0 radical (unpaired) electrons. The van der Waals surface area contributed by atoms with E-state index in [-0.39, 0.29) is 0 Å². The number of hydrogen-bond donors (Lipinski definition) is 1. The van der Waals surface area contributed by atoms with Crippen molar-refractivity contribution in [3.05, 3.63) is 36.5 Å². The number of fused-ring (bicyclic) bond motifs is 1. The number of nitrogens with one attached hydrogen (secondary N) is 1. The summed E-state index contributed by atoms with van der Waals surface area (Å²) in [4.78, 5) is 4.35. The van der Waals surface area contributed by atoms with E-state index in [1.54, 1.807) is 0 Å². The molecule has 0 aliphatic carbocycles. The van der Waals surface area contributed by atoms with Gasteiger partial charge in [0.05, 0.1) is 6.61 Å². The minimum Gasteiger partial charge on any atom is -0.477 e. The third-order valence-electron chi connectivity index (χ3n) is 3.49. The van der Waals surface area contributed by atoms with Gasteiger partial charge in [0.2, 0.25) is 5.88 Å². The highest BCUT2D eigenvalue weighted by molar-refractivity contribution is 5.86. The third-order valence-corrected chi connectivity index (χ3v) is 3.49. The molecule has 1 saturated heterocycles. The standard InChI is InChI=1S/C15H18N2O/c1-2-6-14-13(5-1)7-9-17-15(14)18-11-12-4-3-8-16-10-12/h1-2,5-7,9,12,16H,3-4,8,10-11H2. The molecule has 1 fully saturated rings. The largest absolute Gasteiger partial charge is 0.477 e. The molecule has 1 aliphatic rings. The van der Waals surface area contributed by atoms with Crippen molar-refractivity contribution < 1.29 is 4.74 Å². The summed E-state index contributed by atoms with van der Waals surface area (Å²) in [5, 5.41) is 5.69. The second kappa shape index (κ2) is 5.36. The fourth-order valence-corrected chi connectivity index (χ4v) is 2.47. The SMILES string of the molecule is c1ccc2c(OCC3CCCNC3)nccc2c1. The Morgan fingerprint density at radius 1 is 1.28 bits per heavy atom. The molecule has 3 heteroatoms. The number of aromatic nitrogens is 1. The Hall–Kier alpha value is -1.61. The van der Waals surface area contributed by atoms with Crippen molar-refractivity contribution in [2.75, 3.05) is 19.7 Å². The van der Waals surface area contributed by atoms with Gasteiger partial charge in [0, 0.05) is 24.0 Å². The first-order chi connectivity index (χ1) is 8.93. The highest BCUT2D eigenvalue weighted by atomic mass is 16.5. The summed E-state index contributed by atoms with van der Waals surface area (Å²) in [6, 6.07) is 10.2. The van der Waals surface area contributed by atoms with E-state index in [9.17, 15) is 0 Å². The lowest BCUT2D eigenvalue weighted by Crippen LogP contribution is -2.33. The van der Waals surface area contributed by atoms with E-state index >= 15 is 0 Å². The van der Waals surface area contributed by atoms with Crippen molar-refractivity contribution in [1.29, 1.82) is 0 Å². The molecule has 94 valence electrons. The van der Waals surface area contributed by atoms with Crippen molar-refractivity contribution in [2.24, 2.45) is 5.92 Å². The van der Waals surface area contributed by atoms with Gasteiger partial charge in [0.15, 0.2) is 0 Å². The zero-order valence-electron chi connectivity index (χ0n) is 10.4. The third kappa shape index (κ3) is 2.46. The van der Waals surface area contributed by atoms with Crippen LogP contribution in [0.25, 0.3) is 10.8 Å². The van der Waals surface area contributed by atoms with Crippen LogP contribution in [0.5, 0.6) is 5.88 Å². The van der Waals surface area contributed by atoms with Crippen LogP contribution >= 0.6 is 0 Å². The van der Waals surface area contributed by atoms with Crippen LogP contribution in [-0.2, 0) is 0 Å². The van der Waals surface area contributed by atoms with Crippen molar-refractivity contribution in [3.63, 3.8) is 0 Å². The maximum atomic E-state index is 5.91. The first-order valence-corrected chi connectivity index (χ1v) is 6.61. The Balaban J connectivity index is 1.74. The number of ether oxygens (including phenoxy) is 1. The number of benzene rings is 1. The van der Waals surface area contributed by atoms with Crippen molar-refractivity contribution in [2.45, 2.75) is 12.8 Å². The first kappa shape index (κ1) is 11.5. The van der Waals surface area contributed by atoms with Crippen LogP contribution in [0.2, 0.25) is 0 Å². The molecule has 1 aromatic heterocycles. The molecule has 3 nitrogen and oxygen atoms in total. The van der Waals surface area contributed by atoms with E-state index in [0.717, 1.165) is 31.0 Å². The lowest BCUT2D eigenvalue weighted by Gasteiger charge is -2.22. The average Bonchev–Trinajstić information content (AvgIpc) is 2.46. The average molecular weight is 242 g/mol. The minimum atomic E-state index is 0.611. The Kier molecular flexibility index (Phi) is 3.42. The molecule has 1 N–H and O–H groups in total. The predicted molar refractivity (Wildman–Crippen MR) is 72.8 cm³/mol. The summed E-state index contributed by atoms with van der Waals surface area (Å²) in [6.07, 6.45) is 4.31. The lowest BCUT2D eigenvalue weighted by atomic mass is 10.0. The molecule has 1 atom stereocenters. The first-order valence-electron chi connectivity index (χ1n) is 6.61. The van der Waals surface area contributed by atoms with Gasteiger partial charge >= 0.3 is 0 Å². The smallest absolute Gasteiger partial charge is 0.221 e. The Labute approximate surface area is 107 Å². The van der Waals surface area contributed by atoms with Crippen LogP contribution in [0, 0.1) is 5.92 Å². The van der Waals surface area contributed by atoms with E-state index in [4.69, 9.17) is 4.74 Å². The van der Waals surface area contributed by atoms with Crippen molar-refractivity contribution in [3.8, 4) is 5.88 Å². The summed E-state index contributed by atoms with van der Waals surface area (Å²) in [5.41, 5.74) is 0. The number of rotatable bonds is 3. The predicted octanol–water partition coefficient (Wildman–Crippen LogP) is 2.61. The summed E-state index contributed by atoms with van der Waals surface area (Å²) in [7, 11) is 0. The molecule has 1 aliphatic heterocycles. The van der Waals surface area contributed by atoms with E-state index in [2.05, 4.69) is 22.4 Å². The molecular formula is C15H18N2O. The monoisotopic (exact) mass is 242 g/mol. The quantitative estimate of drug-likeness (QED) is 0.898. The fraction of sp³-hybridized carbons (Fsp3) is 0.400. The maximum absolute atomic E-state index is 5.91. The zero-order valence-corrected chi connectivity index (χ0v) is 10.4. The molecule has 1 unspecified atom stereocenters. The topological polar surface area (TPSA) is 34.1 Å². The summed E-state index contributed by atoms with van der Waals surface area (Å²) in [5.74, 6) is 1.37. The van der Waals surface area contributed by atoms with Crippen LogP contribution in [0.1, 0.15) is 12.8 Å². The maximum Gasteiger partial charge on any atom is 0.221 e. The van der Waals surface area contributed by atoms with Gasteiger partial charge in [-0.3, -0.25) is 0 Å². The minimum absolute atomic E-state index is 0.611. The normalized spacial score (nSPS) is 19.9. The van der Waals surface area contributed by atoms with Gasteiger partial charge in [0.25, 0.3) is 0 Å². The lowest BCUT2D eigenvalue weighted by molar-refractivity contribution is 0.214. The van der Waals surface area contributed by atoms with Gasteiger partial charge in [-0.25, -0.2) is 4.98 Å². The Bertz CT molecular complexity index is 515. The van der Waals surface area contributed by atoms with Gasteiger partial charge in [-0.1, -0.05) is 18.2 Å². The summed E-state index contributed by atoms with van der Waals surface area (Å²) >= 11 is 0. The van der Waals surface area contributed by atoms with Crippen LogP contribution in [0.4, 0.5) is 0 Å². The highest BCUT2D eigenvalue weighted by Crippen LogP contribution is 2.23. The van der Waals surface area contributed by atoms with Crippen molar-refractivity contribution in [1.82, 2.24) is 10.3 Å². The van der Waals surface area contributed by atoms with Crippen LogP contribution in [-0.4, -0.2) is 24.7 Å². The van der Waals surface area contributed by atoms with Crippen LogP contribution < -0.4 is 10.1 Å². The van der Waals surface area contributed by atoms with E-state index in [1.165, 1.54) is 18.2 Å². The Morgan fingerprint density at radius 3 is 3.11 bits per heavy atom. The van der Waals surface area contributed by atoms with Gasteiger partial charge in [0.1, 0.15) is 0 Å². The number of pyridine rings is 1. The molecule has 18 heavy (non-hydrogen) atoms. The molecular weight excluding hydrogens is 224 g/mol. The van der Waals surface area contributed by atoms with E-state index in [0.29, 0.717) is 5.92 Å². The molecule has 3 rings (SSSR count). The molecule has 0 saturated carbocycles. The number of nitrogens with zero attached hydrogens (tertiary/aromatic N) is 1. The van der Waals surface area contributed by atoms with Crippen molar-refractivity contribution >= 4 is 10.8 Å². The molecule has 2 aromatic rings. The molecule has 0 spiro atoms. The molecule has 2 heterocycles. The van der Waals surface area contributed by atoms with Crippen LogP contribution in [0.15, 0.2) is 36.5 Å². The van der Waals surface area contributed by atoms with E-state index < -0.39 is 0 Å². The second-order valence-corrected chi connectivity index (χ2v) is 4.86. The summed E-state index contributed by atoms with van der Waals surface area (Å²) < 4.78 is 5.91. The Morgan fingerprint density at radius 2 is 2.22 bits per heavy atom. The molecule has 0 bridgehead atoms. The van der Waals surface area contributed by atoms with E-state index in [1.807, 2.05) is 24.4 Å². The van der Waals surface area contributed by atoms with Crippen LogP contribution in [0.3, 0.4) is 0 Å². The van der Waals surface area contributed by atoms with Gasteiger partial charge in [-0.15, -0.1) is 0 Å². The fourth-order valence-electron chi connectivity index (χ4n) is 2.47. The molecule has 1 aromatic carbocycles. The second-order valence-electron chi connectivity index (χ2n) is 4.86. The van der Waals surface area contributed by atoms with Gasteiger partial charge in [-0.2, -0.15) is 0 Å². The zero-order chi connectivity index (χ0) is 12.2. The van der Waals surface area contributed by atoms with Gasteiger partial charge < -0.3 is 10.1 Å². The van der Waals surface area contributed by atoms with Gasteiger partial charge in [-0.05, 0) is 36.9 Å².